The fraction of sp³-hybridized carbons (Fsp3) is 0.714. The van der Waals surface area contributed by atoms with Crippen molar-refractivity contribution < 1.29 is 9.15 Å². The summed E-state index contributed by atoms with van der Waals surface area (Å²) in [6, 6.07) is 2.00. The fourth-order valence-electron chi connectivity index (χ4n) is 2.53. The highest BCUT2D eigenvalue weighted by atomic mass is 16.5. The molecule has 1 N–H and O–H groups in total. The van der Waals surface area contributed by atoms with Gasteiger partial charge in [0.15, 0.2) is 0 Å². The highest BCUT2D eigenvalue weighted by molar-refractivity contribution is 5.04. The van der Waals surface area contributed by atoms with E-state index in [1.165, 1.54) is 24.9 Å². The summed E-state index contributed by atoms with van der Waals surface area (Å²) in [5.41, 5.74) is 1.25. The summed E-state index contributed by atoms with van der Waals surface area (Å²) in [5, 5.41) is 3.44. The van der Waals surface area contributed by atoms with Crippen molar-refractivity contribution in [2.24, 2.45) is 0 Å². The predicted molar refractivity (Wildman–Crippen MR) is 71.5 cm³/mol. The molecule has 4 heteroatoms. The van der Waals surface area contributed by atoms with Gasteiger partial charge in [-0.1, -0.05) is 0 Å². The van der Waals surface area contributed by atoms with Gasteiger partial charge >= 0.3 is 0 Å². The first-order valence-electron chi connectivity index (χ1n) is 6.71. The minimum absolute atomic E-state index is 0.0445. The van der Waals surface area contributed by atoms with Gasteiger partial charge in [-0.3, -0.25) is 4.90 Å². The van der Waals surface area contributed by atoms with Gasteiger partial charge in [-0.25, -0.2) is 0 Å². The number of likely N-dealkylation sites (tertiary alicyclic amines) is 1. The first-order chi connectivity index (χ1) is 8.72. The van der Waals surface area contributed by atoms with Crippen LogP contribution in [0.1, 0.15) is 25.3 Å². The summed E-state index contributed by atoms with van der Waals surface area (Å²) in [6.45, 7) is 7.40. The lowest BCUT2D eigenvalue weighted by molar-refractivity contribution is -0.0502. The Morgan fingerprint density at radius 1 is 1.56 bits per heavy atom. The zero-order valence-electron chi connectivity index (χ0n) is 11.4. The molecule has 0 bridgehead atoms. The normalized spacial score (nSPS) is 25.4. The molecular formula is C14H24N2O2. The Morgan fingerprint density at radius 3 is 3.17 bits per heavy atom. The molecule has 0 spiro atoms. The number of rotatable bonds is 6. The molecule has 0 radical (unpaired) electrons. The summed E-state index contributed by atoms with van der Waals surface area (Å²) >= 11 is 0. The van der Waals surface area contributed by atoms with E-state index >= 15 is 0 Å². The van der Waals surface area contributed by atoms with Gasteiger partial charge in [0.1, 0.15) is 0 Å². The summed E-state index contributed by atoms with van der Waals surface area (Å²) in [6.07, 6.45) is 5.90. The van der Waals surface area contributed by atoms with E-state index in [9.17, 15) is 0 Å². The Kier molecular flexibility index (Phi) is 4.80. The van der Waals surface area contributed by atoms with Gasteiger partial charge in [-0.2, -0.15) is 0 Å². The maximum absolute atomic E-state index is 5.60. The van der Waals surface area contributed by atoms with Crippen LogP contribution in [0.3, 0.4) is 0 Å². The van der Waals surface area contributed by atoms with Gasteiger partial charge in [-0.05, 0) is 32.4 Å². The molecule has 1 atom stereocenters. The van der Waals surface area contributed by atoms with Crippen molar-refractivity contribution in [1.82, 2.24) is 10.2 Å². The molecule has 102 valence electrons. The van der Waals surface area contributed by atoms with Crippen LogP contribution in [0, 0.1) is 0 Å². The molecule has 0 saturated carbocycles. The van der Waals surface area contributed by atoms with E-state index in [1.54, 1.807) is 12.5 Å². The van der Waals surface area contributed by atoms with Crippen LogP contribution in [0.5, 0.6) is 0 Å². The molecule has 0 aliphatic carbocycles. The van der Waals surface area contributed by atoms with Crippen LogP contribution in [-0.2, 0) is 11.3 Å². The molecule has 1 unspecified atom stereocenters. The van der Waals surface area contributed by atoms with E-state index in [0.29, 0.717) is 0 Å². The molecule has 18 heavy (non-hydrogen) atoms. The summed E-state index contributed by atoms with van der Waals surface area (Å²) in [7, 11) is 1.82. The van der Waals surface area contributed by atoms with Crippen LogP contribution in [0.25, 0.3) is 0 Å². The summed E-state index contributed by atoms with van der Waals surface area (Å²) in [5.74, 6) is 0. The Labute approximate surface area is 109 Å². The zero-order chi connectivity index (χ0) is 12.8. The van der Waals surface area contributed by atoms with Crippen molar-refractivity contribution in [3.05, 3.63) is 24.2 Å². The standard InChI is InChI=1S/C14H24N2O2/c1-14(17-2)5-3-7-16(12-14)8-6-15-10-13-4-9-18-11-13/h4,9,11,15H,3,5-8,10,12H2,1-2H3. The minimum Gasteiger partial charge on any atom is -0.472 e. The van der Waals surface area contributed by atoms with E-state index in [4.69, 9.17) is 9.15 Å². The number of hydrogen-bond acceptors (Lipinski definition) is 4. The molecule has 1 aromatic rings. The van der Waals surface area contributed by atoms with Crippen molar-refractivity contribution in [2.45, 2.75) is 31.9 Å². The van der Waals surface area contributed by atoms with E-state index in [0.717, 1.165) is 26.2 Å². The Morgan fingerprint density at radius 2 is 2.44 bits per heavy atom. The van der Waals surface area contributed by atoms with E-state index in [-0.39, 0.29) is 5.60 Å². The summed E-state index contributed by atoms with van der Waals surface area (Å²) < 4.78 is 10.6. The molecule has 1 aromatic heterocycles. The van der Waals surface area contributed by atoms with Gasteiger partial charge in [0.05, 0.1) is 18.1 Å². The Bertz CT molecular complexity index is 340. The number of piperidine rings is 1. The number of hydrogen-bond donors (Lipinski definition) is 1. The van der Waals surface area contributed by atoms with Crippen molar-refractivity contribution >= 4 is 0 Å². The molecule has 2 rings (SSSR count). The quantitative estimate of drug-likeness (QED) is 0.784. The van der Waals surface area contributed by atoms with Crippen LogP contribution >= 0.6 is 0 Å². The average molecular weight is 252 g/mol. The second-order valence-corrected chi connectivity index (χ2v) is 5.34. The predicted octanol–water partition coefficient (Wildman–Crippen LogP) is 1.87. The molecule has 2 heterocycles. The van der Waals surface area contributed by atoms with Crippen LogP contribution in [0.4, 0.5) is 0 Å². The van der Waals surface area contributed by atoms with E-state index in [1.807, 2.05) is 13.2 Å². The Balaban J connectivity index is 1.64. The van der Waals surface area contributed by atoms with Crippen LogP contribution in [-0.4, -0.2) is 43.8 Å². The van der Waals surface area contributed by atoms with Gasteiger partial charge in [0, 0.05) is 38.9 Å². The zero-order valence-corrected chi connectivity index (χ0v) is 11.4. The van der Waals surface area contributed by atoms with E-state index < -0.39 is 0 Å². The van der Waals surface area contributed by atoms with Crippen LogP contribution in [0.15, 0.2) is 23.0 Å². The lowest BCUT2D eigenvalue weighted by Crippen LogP contribution is -2.48. The molecule has 1 aliphatic heterocycles. The van der Waals surface area contributed by atoms with Gasteiger partial charge < -0.3 is 14.5 Å². The van der Waals surface area contributed by atoms with Crippen molar-refractivity contribution in [3.8, 4) is 0 Å². The minimum atomic E-state index is 0.0445. The number of furan rings is 1. The second-order valence-electron chi connectivity index (χ2n) is 5.34. The number of nitrogens with one attached hydrogen (secondary N) is 1. The Hall–Kier alpha value is -0.840. The molecule has 1 aliphatic rings. The lowest BCUT2D eigenvalue weighted by Gasteiger charge is -2.39. The molecule has 0 amide bonds. The van der Waals surface area contributed by atoms with Crippen LogP contribution < -0.4 is 5.32 Å². The SMILES string of the molecule is COC1(C)CCCN(CCNCc2ccoc2)C1. The maximum atomic E-state index is 5.60. The number of ether oxygens (including phenoxy) is 1. The molecule has 4 nitrogen and oxygen atoms in total. The van der Waals surface area contributed by atoms with Gasteiger partial charge in [-0.15, -0.1) is 0 Å². The number of methoxy groups -OCH3 is 1. The molecule has 1 saturated heterocycles. The molecule has 1 fully saturated rings. The van der Waals surface area contributed by atoms with Crippen molar-refractivity contribution in [3.63, 3.8) is 0 Å². The van der Waals surface area contributed by atoms with Gasteiger partial charge in [0.25, 0.3) is 0 Å². The maximum Gasteiger partial charge on any atom is 0.0947 e. The highest BCUT2D eigenvalue weighted by Gasteiger charge is 2.30. The summed E-state index contributed by atoms with van der Waals surface area (Å²) in [4.78, 5) is 2.48. The van der Waals surface area contributed by atoms with Gasteiger partial charge in [0.2, 0.25) is 0 Å². The first-order valence-corrected chi connectivity index (χ1v) is 6.71. The smallest absolute Gasteiger partial charge is 0.0947 e. The third-order valence-electron chi connectivity index (χ3n) is 3.74. The largest absolute Gasteiger partial charge is 0.472 e. The average Bonchev–Trinajstić information content (AvgIpc) is 2.88. The second kappa shape index (κ2) is 6.36. The topological polar surface area (TPSA) is 37.6 Å². The van der Waals surface area contributed by atoms with Crippen molar-refractivity contribution in [1.29, 1.82) is 0 Å². The highest BCUT2D eigenvalue weighted by Crippen LogP contribution is 2.23. The van der Waals surface area contributed by atoms with E-state index in [2.05, 4.69) is 17.1 Å². The monoisotopic (exact) mass is 252 g/mol. The fourth-order valence-corrected chi connectivity index (χ4v) is 2.53. The third-order valence-corrected chi connectivity index (χ3v) is 3.74. The lowest BCUT2D eigenvalue weighted by atomic mass is 9.95. The van der Waals surface area contributed by atoms with Crippen LogP contribution in [0.2, 0.25) is 0 Å². The molecular weight excluding hydrogens is 228 g/mol. The molecule has 0 aromatic carbocycles. The third kappa shape index (κ3) is 3.83. The van der Waals surface area contributed by atoms with Crippen molar-refractivity contribution in [2.75, 3.05) is 33.3 Å². The number of nitrogens with zero attached hydrogens (tertiary/aromatic N) is 1. The first kappa shape index (κ1) is 13.6.